The van der Waals surface area contributed by atoms with Crippen LogP contribution in [-0.4, -0.2) is 48.6 Å². The smallest absolute Gasteiger partial charge is 0.164 e. The molecule has 8 aromatic heterocycles. The molecule has 73 heavy (non-hydrogen) atoms. The van der Waals surface area contributed by atoms with Gasteiger partial charge < -0.3 is 4.57 Å². The molecule has 15 aromatic rings. The molecule has 340 valence electrons. The number of benzene rings is 7. The van der Waals surface area contributed by atoms with Crippen LogP contribution in [0.1, 0.15) is 0 Å². The summed E-state index contributed by atoms with van der Waals surface area (Å²) in [5, 5.41) is 6.43. The van der Waals surface area contributed by atoms with Gasteiger partial charge in [0, 0.05) is 72.7 Å². The van der Waals surface area contributed by atoms with Crippen molar-refractivity contribution in [2.45, 2.75) is 0 Å². The van der Waals surface area contributed by atoms with Gasteiger partial charge >= 0.3 is 0 Å². The fraction of sp³-hybridized carbons (Fsp3) is 0. The molecular formula is C63H38N10. The third-order valence-corrected chi connectivity index (χ3v) is 14.0. The molecular weight excluding hydrogens is 897 g/mol. The van der Waals surface area contributed by atoms with Crippen LogP contribution in [0.3, 0.4) is 0 Å². The average Bonchev–Trinajstić information content (AvgIpc) is 4.12. The summed E-state index contributed by atoms with van der Waals surface area (Å²) in [4.78, 5) is 35.5. The van der Waals surface area contributed by atoms with E-state index in [1.165, 1.54) is 0 Å². The van der Waals surface area contributed by atoms with E-state index in [4.69, 9.17) is 29.9 Å². The van der Waals surface area contributed by atoms with Crippen molar-refractivity contribution in [3.8, 4) is 62.7 Å². The number of nitrogens with zero attached hydrogens (tertiary/aromatic N) is 10. The number of para-hydroxylation sites is 3. The molecule has 0 aliphatic carbocycles. The maximum Gasteiger partial charge on any atom is 0.164 e. The Hall–Kier alpha value is -10.2. The zero-order valence-corrected chi connectivity index (χ0v) is 38.9. The minimum absolute atomic E-state index is 0.579. The topological polar surface area (TPSA) is 105 Å². The van der Waals surface area contributed by atoms with Gasteiger partial charge in [-0.2, -0.15) is 0 Å². The van der Waals surface area contributed by atoms with Crippen LogP contribution in [0.4, 0.5) is 0 Å². The number of fused-ring (bicyclic) bond motifs is 11. The molecule has 8 heterocycles. The van der Waals surface area contributed by atoms with E-state index in [0.29, 0.717) is 23.1 Å². The highest BCUT2D eigenvalue weighted by atomic mass is 15.1. The molecule has 7 aromatic carbocycles. The lowest BCUT2D eigenvalue weighted by Gasteiger charge is -2.13. The molecule has 0 aliphatic rings. The standard InChI is InChI=1S/C63H38N10/c1-4-16-39(17-5-1)61-68-62(40-18-6-2-7-19-40)70-63(69-61)42-29-32-53-49(37-42)57-54(71(53)44-21-8-3-9-22-44)33-34-56(67-57)73-52-27-13-11-24-46(52)48-31-30-47-45-23-10-12-26-51(45)72(58(47)59(48)73)55-28-14-25-50(66-55)43-36-41-20-15-35-64-60(41)65-38-43/h1-38H. The first-order chi connectivity index (χ1) is 36.2. The monoisotopic (exact) mass is 934 g/mol. The van der Waals surface area contributed by atoms with E-state index < -0.39 is 0 Å². The summed E-state index contributed by atoms with van der Waals surface area (Å²) in [5.74, 6) is 3.38. The maximum atomic E-state index is 5.75. The van der Waals surface area contributed by atoms with Crippen LogP contribution in [0.15, 0.2) is 231 Å². The zero-order chi connectivity index (χ0) is 48.0. The van der Waals surface area contributed by atoms with Gasteiger partial charge in [-0.3, -0.25) is 9.13 Å². The second-order valence-electron chi connectivity index (χ2n) is 18.2. The van der Waals surface area contributed by atoms with E-state index in [0.717, 1.165) is 116 Å². The van der Waals surface area contributed by atoms with Crippen LogP contribution in [-0.2, 0) is 0 Å². The SMILES string of the molecule is c1ccc(-c2nc(-c3ccccc3)nc(-c3ccc4c(c3)c3nc(-n5c6ccccc6c6ccc7c8ccccc8n(-c8cccc(-c9cnc%10ncccc%10c9)n8)c7c65)ccc3n4-c3ccccc3)n2)cc1. The van der Waals surface area contributed by atoms with Crippen molar-refractivity contribution in [3.63, 3.8) is 0 Å². The predicted octanol–water partition coefficient (Wildman–Crippen LogP) is 14.6. The summed E-state index contributed by atoms with van der Waals surface area (Å²) >= 11 is 0. The van der Waals surface area contributed by atoms with Crippen molar-refractivity contribution in [3.05, 3.63) is 231 Å². The van der Waals surface area contributed by atoms with Crippen molar-refractivity contribution in [2.75, 3.05) is 0 Å². The molecule has 10 nitrogen and oxygen atoms in total. The van der Waals surface area contributed by atoms with Crippen LogP contribution in [0.5, 0.6) is 0 Å². The fourth-order valence-corrected chi connectivity index (χ4v) is 10.7. The lowest BCUT2D eigenvalue weighted by Crippen LogP contribution is -2.02. The third-order valence-electron chi connectivity index (χ3n) is 14.0. The Morgan fingerprint density at radius 2 is 0.890 bits per heavy atom. The molecule has 0 aliphatic heterocycles. The van der Waals surface area contributed by atoms with E-state index in [1.54, 1.807) is 6.20 Å². The van der Waals surface area contributed by atoms with E-state index in [1.807, 2.05) is 91.1 Å². The Balaban J connectivity index is 0.989. The van der Waals surface area contributed by atoms with E-state index in [2.05, 4.69) is 152 Å². The summed E-state index contributed by atoms with van der Waals surface area (Å²) in [6, 6.07) is 75.6. The van der Waals surface area contributed by atoms with Crippen LogP contribution in [0, 0.1) is 0 Å². The van der Waals surface area contributed by atoms with Gasteiger partial charge in [0.05, 0.1) is 44.3 Å². The summed E-state index contributed by atoms with van der Waals surface area (Å²) in [7, 11) is 0. The van der Waals surface area contributed by atoms with Crippen molar-refractivity contribution in [2.24, 2.45) is 0 Å². The molecule has 0 fully saturated rings. The Labute approximate surface area is 416 Å². The van der Waals surface area contributed by atoms with Gasteiger partial charge in [0.1, 0.15) is 11.6 Å². The largest absolute Gasteiger partial charge is 0.308 e. The van der Waals surface area contributed by atoms with Crippen LogP contribution >= 0.6 is 0 Å². The molecule has 0 amide bonds. The Bertz CT molecular complexity index is 4620. The van der Waals surface area contributed by atoms with Gasteiger partial charge in [-0.05, 0) is 84.9 Å². The molecule has 0 N–H and O–H groups in total. The maximum absolute atomic E-state index is 5.75. The van der Waals surface area contributed by atoms with Gasteiger partial charge in [-0.15, -0.1) is 0 Å². The Kier molecular flexibility index (Phi) is 9.02. The molecule has 15 rings (SSSR count). The van der Waals surface area contributed by atoms with Crippen LogP contribution in [0.2, 0.25) is 0 Å². The first kappa shape index (κ1) is 40.7. The van der Waals surface area contributed by atoms with E-state index in [9.17, 15) is 0 Å². The van der Waals surface area contributed by atoms with Gasteiger partial charge in [-0.25, -0.2) is 34.9 Å². The minimum Gasteiger partial charge on any atom is -0.308 e. The highest BCUT2D eigenvalue weighted by molar-refractivity contribution is 6.24. The second kappa shape index (κ2) is 16.2. The highest BCUT2D eigenvalue weighted by Crippen LogP contribution is 2.43. The van der Waals surface area contributed by atoms with Crippen LogP contribution < -0.4 is 0 Å². The number of rotatable bonds is 7. The lowest BCUT2D eigenvalue weighted by atomic mass is 10.1. The fourth-order valence-electron chi connectivity index (χ4n) is 10.7. The lowest BCUT2D eigenvalue weighted by molar-refractivity contribution is 1.07. The molecule has 0 radical (unpaired) electrons. The van der Waals surface area contributed by atoms with Crippen LogP contribution in [0.25, 0.3) is 139 Å². The van der Waals surface area contributed by atoms with E-state index >= 15 is 0 Å². The van der Waals surface area contributed by atoms with Crippen molar-refractivity contribution >= 4 is 76.6 Å². The number of hydrogen-bond donors (Lipinski definition) is 0. The van der Waals surface area contributed by atoms with Gasteiger partial charge in [0.25, 0.3) is 0 Å². The molecule has 0 saturated carbocycles. The van der Waals surface area contributed by atoms with Crippen molar-refractivity contribution < 1.29 is 0 Å². The average molecular weight is 935 g/mol. The summed E-state index contributed by atoms with van der Waals surface area (Å²) in [6.45, 7) is 0. The second-order valence-corrected chi connectivity index (χ2v) is 18.2. The van der Waals surface area contributed by atoms with Crippen molar-refractivity contribution in [1.82, 2.24) is 48.6 Å². The summed E-state index contributed by atoms with van der Waals surface area (Å²) in [5.41, 5.74) is 13.2. The number of aromatic nitrogens is 10. The molecule has 0 bridgehead atoms. The predicted molar refractivity (Wildman–Crippen MR) is 293 cm³/mol. The Morgan fingerprint density at radius 1 is 0.315 bits per heavy atom. The number of pyridine rings is 4. The molecule has 0 unspecified atom stereocenters. The zero-order valence-electron chi connectivity index (χ0n) is 38.9. The quantitative estimate of drug-likeness (QED) is 0.157. The highest BCUT2D eigenvalue weighted by Gasteiger charge is 2.24. The molecule has 0 saturated heterocycles. The molecule has 0 atom stereocenters. The Morgan fingerprint density at radius 3 is 1.56 bits per heavy atom. The van der Waals surface area contributed by atoms with Crippen molar-refractivity contribution in [1.29, 1.82) is 0 Å². The molecule has 10 heteroatoms. The minimum atomic E-state index is 0.579. The third kappa shape index (κ3) is 6.47. The first-order valence-corrected chi connectivity index (χ1v) is 24.2. The van der Waals surface area contributed by atoms with Gasteiger partial charge in [-0.1, -0.05) is 133 Å². The first-order valence-electron chi connectivity index (χ1n) is 24.2. The van der Waals surface area contributed by atoms with Gasteiger partial charge in [0.15, 0.2) is 23.1 Å². The summed E-state index contributed by atoms with van der Waals surface area (Å²) < 4.78 is 6.95. The normalized spacial score (nSPS) is 11.8. The molecule has 0 spiro atoms. The van der Waals surface area contributed by atoms with E-state index in [-0.39, 0.29) is 0 Å². The summed E-state index contributed by atoms with van der Waals surface area (Å²) in [6.07, 6.45) is 3.63. The van der Waals surface area contributed by atoms with Gasteiger partial charge in [0.2, 0.25) is 0 Å². The number of hydrogen-bond acceptors (Lipinski definition) is 7.